The van der Waals surface area contributed by atoms with Crippen molar-refractivity contribution in [1.82, 2.24) is 14.5 Å². The van der Waals surface area contributed by atoms with Crippen molar-refractivity contribution in [3.63, 3.8) is 0 Å². The Morgan fingerprint density at radius 2 is 2.25 bits per heavy atom. The van der Waals surface area contributed by atoms with Gasteiger partial charge in [-0.2, -0.15) is 0 Å². The maximum atomic E-state index is 12.3. The van der Waals surface area contributed by atoms with Crippen LogP contribution in [0.3, 0.4) is 0 Å². The lowest BCUT2D eigenvalue weighted by Crippen LogP contribution is -2.41. The third kappa shape index (κ3) is 2.59. The summed E-state index contributed by atoms with van der Waals surface area (Å²) in [5.74, 6) is 1.93. The van der Waals surface area contributed by atoms with Crippen LogP contribution in [0.5, 0.6) is 0 Å². The largest absolute Gasteiger partial charge is 0.375 e. The average Bonchev–Trinajstić information content (AvgIpc) is 3.15. The van der Waals surface area contributed by atoms with Crippen LogP contribution in [0.15, 0.2) is 6.20 Å². The number of nitrogens with zero attached hydrogens (tertiary/aromatic N) is 3. The summed E-state index contributed by atoms with van der Waals surface area (Å²) in [4.78, 5) is 18.8. The summed E-state index contributed by atoms with van der Waals surface area (Å²) in [6, 6.07) is 0.0744. The minimum atomic E-state index is 0.0744. The monoisotopic (exact) mass is 277 g/mol. The number of ether oxygens (including phenoxy) is 1. The van der Waals surface area contributed by atoms with Gasteiger partial charge in [-0.1, -0.05) is 0 Å². The summed E-state index contributed by atoms with van der Waals surface area (Å²) < 4.78 is 7.68. The zero-order valence-electron chi connectivity index (χ0n) is 12.3. The van der Waals surface area contributed by atoms with E-state index in [0.717, 1.165) is 31.0 Å². The highest BCUT2D eigenvalue weighted by Crippen LogP contribution is 2.34. The molecule has 3 rings (SSSR count). The van der Waals surface area contributed by atoms with Crippen molar-refractivity contribution in [1.29, 1.82) is 0 Å². The van der Waals surface area contributed by atoms with Gasteiger partial charge in [-0.3, -0.25) is 4.79 Å². The van der Waals surface area contributed by atoms with E-state index in [1.807, 2.05) is 18.0 Å². The van der Waals surface area contributed by atoms with Gasteiger partial charge in [0.15, 0.2) is 0 Å². The molecule has 1 aromatic heterocycles. The second-order valence-corrected chi connectivity index (χ2v) is 5.81. The number of hydrogen-bond acceptors (Lipinski definition) is 3. The number of hydrogen-bond donors (Lipinski definition) is 0. The van der Waals surface area contributed by atoms with E-state index in [2.05, 4.69) is 16.5 Å². The predicted molar refractivity (Wildman–Crippen MR) is 75.0 cm³/mol. The molecule has 0 N–H and O–H groups in total. The molecule has 1 amide bonds. The number of fused-ring (bicyclic) bond motifs is 1. The molecule has 5 nitrogen and oxygen atoms in total. The van der Waals surface area contributed by atoms with E-state index in [0.29, 0.717) is 25.0 Å². The first-order valence-corrected chi connectivity index (χ1v) is 7.62. The van der Waals surface area contributed by atoms with Crippen LogP contribution >= 0.6 is 0 Å². The quantitative estimate of drug-likeness (QED) is 0.828. The molecule has 0 bridgehead atoms. The van der Waals surface area contributed by atoms with Gasteiger partial charge in [0, 0.05) is 26.1 Å². The lowest BCUT2D eigenvalue weighted by Gasteiger charge is -2.34. The second-order valence-electron chi connectivity index (χ2n) is 5.81. The fourth-order valence-corrected chi connectivity index (χ4v) is 2.91. The predicted octanol–water partition coefficient (Wildman–Crippen LogP) is 2.12. The Labute approximate surface area is 119 Å². The zero-order chi connectivity index (χ0) is 14.1. The lowest BCUT2D eigenvalue weighted by molar-refractivity contribution is -0.134. The van der Waals surface area contributed by atoms with E-state index in [1.165, 1.54) is 12.8 Å². The molecule has 1 saturated carbocycles. The van der Waals surface area contributed by atoms with Crippen LogP contribution < -0.4 is 0 Å². The highest BCUT2D eigenvalue weighted by atomic mass is 16.5. The Bertz CT molecular complexity index is 493. The third-order valence-electron chi connectivity index (χ3n) is 4.31. The van der Waals surface area contributed by atoms with Crippen LogP contribution in [-0.2, 0) is 22.7 Å². The lowest BCUT2D eigenvalue weighted by atomic mass is 10.1. The van der Waals surface area contributed by atoms with Crippen LogP contribution in [0.1, 0.15) is 50.7 Å². The highest BCUT2D eigenvalue weighted by Gasteiger charge is 2.33. The number of carbonyl (C=O) groups excluding carboxylic acids is 1. The molecule has 1 aliphatic carbocycles. The standard InChI is InChI=1S/C15H23N3O2/c1-3-20-10-13-9-16-15-11(2)17(6-7-18(13)15)14(19)8-12-4-5-12/h9,11-12H,3-8,10H2,1-2H3/t11-/m0/s1. The molecule has 1 fully saturated rings. The van der Waals surface area contributed by atoms with Crippen molar-refractivity contribution in [2.75, 3.05) is 13.2 Å². The number of imidazole rings is 1. The fraction of sp³-hybridized carbons (Fsp3) is 0.733. The van der Waals surface area contributed by atoms with Crippen LogP contribution in [0, 0.1) is 5.92 Å². The van der Waals surface area contributed by atoms with Crippen molar-refractivity contribution in [3.05, 3.63) is 17.7 Å². The van der Waals surface area contributed by atoms with Crippen LogP contribution in [0.25, 0.3) is 0 Å². The first kappa shape index (κ1) is 13.6. The van der Waals surface area contributed by atoms with Gasteiger partial charge in [-0.05, 0) is 32.6 Å². The van der Waals surface area contributed by atoms with E-state index >= 15 is 0 Å². The van der Waals surface area contributed by atoms with E-state index in [-0.39, 0.29) is 6.04 Å². The minimum Gasteiger partial charge on any atom is -0.375 e. The van der Waals surface area contributed by atoms with Crippen molar-refractivity contribution >= 4 is 5.91 Å². The molecule has 1 atom stereocenters. The van der Waals surface area contributed by atoms with E-state index in [9.17, 15) is 4.79 Å². The molecule has 5 heteroatoms. The fourth-order valence-electron chi connectivity index (χ4n) is 2.91. The van der Waals surface area contributed by atoms with Gasteiger partial charge in [0.2, 0.25) is 5.91 Å². The number of aromatic nitrogens is 2. The van der Waals surface area contributed by atoms with Crippen molar-refractivity contribution in [2.45, 2.75) is 52.3 Å². The average molecular weight is 277 g/mol. The molecule has 0 radical (unpaired) electrons. The first-order valence-electron chi connectivity index (χ1n) is 7.62. The van der Waals surface area contributed by atoms with Crippen LogP contribution in [-0.4, -0.2) is 33.5 Å². The van der Waals surface area contributed by atoms with Crippen LogP contribution in [0.4, 0.5) is 0 Å². The summed E-state index contributed by atoms with van der Waals surface area (Å²) in [5.41, 5.74) is 1.11. The summed E-state index contributed by atoms with van der Waals surface area (Å²) in [6.45, 7) is 7.00. The van der Waals surface area contributed by atoms with Crippen LogP contribution in [0.2, 0.25) is 0 Å². The van der Waals surface area contributed by atoms with E-state index < -0.39 is 0 Å². The molecule has 0 aromatic carbocycles. The van der Waals surface area contributed by atoms with Gasteiger partial charge in [0.25, 0.3) is 0 Å². The van der Waals surface area contributed by atoms with Gasteiger partial charge in [-0.25, -0.2) is 4.98 Å². The molecule has 1 aromatic rings. The normalized spacial score (nSPS) is 21.9. The summed E-state index contributed by atoms with van der Waals surface area (Å²) in [6.07, 6.45) is 5.05. The summed E-state index contributed by atoms with van der Waals surface area (Å²) >= 11 is 0. The molecule has 2 aliphatic rings. The topological polar surface area (TPSA) is 47.4 Å². The third-order valence-corrected chi connectivity index (χ3v) is 4.31. The first-order chi connectivity index (χ1) is 9.70. The minimum absolute atomic E-state index is 0.0744. The Hall–Kier alpha value is -1.36. The SMILES string of the molecule is CCOCc1cnc2n1CCN(C(=O)CC1CC1)[C@H]2C. The maximum absolute atomic E-state index is 12.3. The highest BCUT2D eigenvalue weighted by molar-refractivity contribution is 5.77. The Morgan fingerprint density at radius 1 is 1.45 bits per heavy atom. The van der Waals surface area contributed by atoms with Gasteiger partial charge in [0.1, 0.15) is 5.82 Å². The smallest absolute Gasteiger partial charge is 0.223 e. The molecule has 20 heavy (non-hydrogen) atoms. The summed E-state index contributed by atoms with van der Waals surface area (Å²) in [5, 5.41) is 0. The molecule has 2 heterocycles. The number of carbonyl (C=O) groups is 1. The summed E-state index contributed by atoms with van der Waals surface area (Å²) in [7, 11) is 0. The second kappa shape index (κ2) is 5.56. The Balaban J connectivity index is 1.71. The maximum Gasteiger partial charge on any atom is 0.223 e. The Morgan fingerprint density at radius 3 is 2.95 bits per heavy atom. The Kier molecular flexibility index (Phi) is 3.78. The van der Waals surface area contributed by atoms with E-state index in [4.69, 9.17) is 4.74 Å². The molecule has 0 spiro atoms. The van der Waals surface area contributed by atoms with Gasteiger partial charge in [0.05, 0.1) is 24.5 Å². The van der Waals surface area contributed by atoms with Gasteiger partial charge >= 0.3 is 0 Å². The van der Waals surface area contributed by atoms with Crippen molar-refractivity contribution in [3.8, 4) is 0 Å². The van der Waals surface area contributed by atoms with Crippen molar-refractivity contribution < 1.29 is 9.53 Å². The molecule has 0 saturated heterocycles. The number of rotatable bonds is 5. The van der Waals surface area contributed by atoms with Gasteiger partial charge < -0.3 is 14.2 Å². The molecular weight excluding hydrogens is 254 g/mol. The number of amides is 1. The van der Waals surface area contributed by atoms with E-state index in [1.54, 1.807) is 0 Å². The molecule has 110 valence electrons. The van der Waals surface area contributed by atoms with Crippen molar-refractivity contribution in [2.24, 2.45) is 5.92 Å². The molecular formula is C15H23N3O2. The molecule has 0 unspecified atom stereocenters. The zero-order valence-corrected chi connectivity index (χ0v) is 12.3. The molecule has 1 aliphatic heterocycles. The van der Waals surface area contributed by atoms with Gasteiger partial charge in [-0.15, -0.1) is 0 Å².